The van der Waals surface area contributed by atoms with E-state index in [1.54, 1.807) is 13.0 Å². The zero-order valence-electron chi connectivity index (χ0n) is 15.5. The maximum atomic E-state index is 12.2. The summed E-state index contributed by atoms with van der Waals surface area (Å²) in [5.41, 5.74) is 0.984. The molecular weight excluding hydrogens is 370 g/mol. The van der Waals surface area contributed by atoms with Gasteiger partial charge in [0.25, 0.3) is 5.91 Å². The number of hydrogen-bond donors (Lipinski definition) is 2. The van der Waals surface area contributed by atoms with Crippen molar-refractivity contribution in [1.82, 2.24) is 15.1 Å². The molecule has 0 aliphatic heterocycles. The number of para-hydroxylation sites is 1. The third kappa shape index (κ3) is 4.75. The number of carbonyl (C=O) groups is 1. The highest BCUT2D eigenvalue weighted by atomic mass is 16.5. The minimum Gasteiger partial charge on any atom is -0.457 e. The predicted molar refractivity (Wildman–Crippen MR) is 107 cm³/mol. The van der Waals surface area contributed by atoms with E-state index in [9.17, 15) is 4.79 Å². The molecule has 29 heavy (non-hydrogen) atoms. The Bertz CT molecular complexity index is 1090. The number of carbonyl (C=O) groups excluding carboxylic acids is 1. The summed E-state index contributed by atoms with van der Waals surface area (Å²) in [6.45, 7) is 1.74. The number of benzene rings is 2. The number of aromatic nitrogens is 3. The first kappa shape index (κ1) is 18.2. The van der Waals surface area contributed by atoms with Crippen LogP contribution in [-0.4, -0.2) is 21.0 Å². The number of aryl methyl sites for hydroxylation is 1. The molecule has 8 nitrogen and oxygen atoms in total. The first-order valence-electron chi connectivity index (χ1n) is 8.82. The molecule has 2 aromatic heterocycles. The highest BCUT2D eigenvalue weighted by molar-refractivity contribution is 6.02. The Kier molecular flexibility index (Phi) is 5.15. The number of ether oxygens (including phenoxy) is 1. The quantitative estimate of drug-likeness (QED) is 0.500. The Morgan fingerprint density at radius 1 is 0.931 bits per heavy atom. The lowest BCUT2D eigenvalue weighted by Gasteiger charge is -2.08. The molecule has 0 fully saturated rings. The van der Waals surface area contributed by atoms with Crippen LogP contribution in [0.5, 0.6) is 11.5 Å². The highest BCUT2D eigenvalue weighted by Crippen LogP contribution is 2.23. The maximum Gasteiger partial charge on any atom is 0.277 e. The van der Waals surface area contributed by atoms with Crippen molar-refractivity contribution >= 4 is 23.2 Å². The summed E-state index contributed by atoms with van der Waals surface area (Å²) in [6, 6.07) is 18.6. The molecule has 4 rings (SSSR count). The van der Waals surface area contributed by atoms with Crippen molar-refractivity contribution in [1.29, 1.82) is 0 Å². The predicted octanol–water partition coefficient (Wildman–Crippen LogP) is 4.56. The van der Waals surface area contributed by atoms with Crippen molar-refractivity contribution < 1.29 is 14.1 Å². The van der Waals surface area contributed by atoms with Crippen LogP contribution in [0, 0.1) is 6.92 Å². The second-order valence-corrected chi connectivity index (χ2v) is 6.13. The van der Waals surface area contributed by atoms with Crippen molar-refractivity contribution in [2.24, 2.45) is 0 Å². The van der Waals surface area contributed by atoms with Crippen molar-refractivity contribution in [3.8, 4) is 11.5 Å². The molecule has 2 N–H and O–H groups in total. The van der Waals surface area contributed by atoms with Gasteiger partial charge in [-0.25, -0.2) is 9.97 Å². The fraction of sp³-hybridized carbons (Fsp3) is 0.0476. The second-order valence-electron chi connectivity index (χ2n) is 6.13. The van der Waals surface area contributed by atoms with E-state index in [-0.39, 0.29) is 5.69 Å². The van der Waals surface area contributed by atoms with E-state index in [1.165, 1.54) is 12.4 Å². The van der Waals surface area contributed by atoms with E-state index in [1.807, 2.05) is 54.6 Å². The van der Waals surface area contributed by atoms with Crippen molar-refractivity contribution in [2.45, 2.75) is 6.92 Å². The third-order valence-electron chi connectivity index (χ3n) is 3.86. The Morgan fingerprint density at radius 3 is 2.34 bits per heavy atom. The van der Waals surface area contributed by atoms with Gasteiger partial charge in [0.1, 0.15) is 28.8 Å². The van der Waals surface area contributed by atoms with Crippen molar-refractivity contribution in [3.05, 3.63) is 84.5 Å². The van der Waals surface area contributed by atoms with Gasteiger partial charge in [-0.1, -0.05) is 23.4 Å². The van der Waals surface area contributed by atoms with Crippen molar-refractivity contribution in [2.75, 3.05) is 10.6 Å². The van der Waals surface area contributed by atoms with Gasteiger partial charge in [0.2, 0.25) is 0 Å². The fourth-order valence-corrected chi connectivity index (χ4v) is 2.49. The topological polar surface area (TPSA) is 102 Å². The van der Waals surface area contributed by atoms with Gasteiger partial charge >= 0.3 is 0 Å². The summed E-state index contributed by atoms with van der Waals surface area (Å²) in [5, 5.41) is 9.43. The number of anilines is 3. The molecule has 0 radical (unpaired) electrons. The largest absolute Gasteiger partial charge is 0.457 e. The van der Waals surface area contributed by atoms with Crippen LogP contribution in [0.25, 0.3) is 0 Å². The lowest BCUT2D eigenvalue weighted by Crippen LogP contribution is -2.14. The molecule has 0 aliphatic carbocycles. The minimum absolute atomic E-state index is 0.169. The molecule has 0 bridgehead atoms. The van der Waals surface area contributed by atoms with Crippen molar-refractivity contribution in [3.63, 3.8) is 0 Å². The average Bonchev–Trinajstić information content (AvgIpc) is 3.15. The van der Waals surface area contributed by atoms with Gasteiger partial charge in [-0.05, 0) is 43.3 Å². The molecular formula is C21H17N5O3. The van der Waals surface area contributed by atoms with E-state index < -0.39 is 5.91 Å². The van der Waals surface area contributed by atoms with Gasteiger partial charge in [-0.3, -0.25) is 4.79 Å². The van der Waals surface area contributed by atoms with Gasteiger partial charge < -0.3 is 19.9 Å². The SMILES string of the molecule is Cc1cc(NC(=O)c2cnc(Nc3ccc(Oc4ccccc4)cc3)cn2)no1. The minimum atomic E-state index is -0.417. The Balaban J connectivity index is 1.36. The molecule has 4 aromatic rings. The summed E-state index contributed by atoms with van der Waals surface area (Å²) in [4.78, 5) is 20.5. The standard InChI is InChI=1S/C21H17N5O3/c1-14-11-19(26-29-14)25-21(27)18-12-23-20(13-22-18)24-15-7-9-17(10-8-15)28-16-5-3-2-4-6-16/h2-13H,1H3,(H,23,24)(H,25,26,27). The smallest absolute Gasteiger partial charge is 0.277 e. The monoisotopic (exact) mass is 387 g/mol. The third-order valence-corrected chi connectivity index (χ3v) is 3.86. The van der Waals surface area contributed by atoms with E-state index in [2.05, 4.69) is 25.8 Å². The number of nitrogens with zero attached hydrogens (tertiary/aromatic N) is 3. The van der Waals surface area contributed by atoms with Crippen LogP contribution >= 0.6 is 0 Å². The molecule has 2 heterocycles. The molecule has 0 aliphatic rings. The molecule has 2 aromatic carbocycles. The summed E-state index contributed by atoms with van der Waals surface area (Å²) < 4.78 is 10.7. The lowest BCUT2D eigenvalue weighted by atomic mass is 10.3. The molecule has 0 atom stereocenters. The van der Waals surface area contributed by atoms with E-state index in [4.69, 9.17) is 9.26 Å². The first-order valence-corrected chi connectivity index (χ1v) is 8.82. The molecule has 0 saturated heterocycles. The fourth-order valence-electron chi connectivity index (χ4n) is 2.49. The Hall–Kier alpha value is -4.20. The molecule has 1 amide bonds. The maximum absolute atomic E-state index is 12.2. The summed E-state index contributed by atoms with van der Waals surface area (Å²) in [7, 11) is 0. The van der Waals surface area contributed by atoms with E-state index in [0.29, 0.717) is 17.4 Å². The number of rotatable bonds is 6. The van der Waals surface area contributed by atoms with Crippen LogP contribution < -0.4 is 15.4 Å². The Labute approximate surface area is 166 Å². The van der Waals surface area contributed by atoms with Gasteiger partial charge in [-0.2, -0.15) is 0 Å². The van der Waals surface area contributed by atoms with E-state index >= 15 is 0 Å². The zero-order chi connectivity index (χ0) is 20.1. The van der Waals surface area contributed by atoms with Crippen LogP contribution in [0.4, 0.5) is 17.3 Å². The van der Waals surface area contributed by atoms with Gasteiger partial charge in [0.05, 0.1) is 12.4 Å². The average molecular weight is 387 g/mol. The van der Waals surface area contributed by atoms with Gasteiger partial charge in [0.15, 0.2) is 5.82 Å². The van der Waals surface area contributed by atoms with Gasteiger partial charge in [-0.15, -0.1) is 0 Å². The first-order chi connectivity index (χ1) is 14.2. The van der Waals surface area contributed by atoms with Crippen LogP contribution in [0.3, 0.4) is 0 Å². The lowest BCUT2D eigenvalue weighted by molar-refractivity contribution is 0.102. The molecule has 8 heteroatoms. The zero-order valence-corrected chi connectivity index (χ0v) is 15.5. The molecule has 0 saturated carbocycles. The second kappa shape index (κ2) is 8.22. The van der Waals surface area contributed by atoms with Crippen LogP contribution in [0.2, 0.25) is 0 Å². The number of amides is 1. The molecule has 0 spiro atoms. The summed E-state index contributed by atoms with van der Waals surface area (Å²) in [5.74, 6) is 2.52. The van der Waals surface area contributed by atoms with Gasteiger partial charge in [0, 0.05) is 11.8 Å². The summed E-state index contributed by atoms with van der Waals surface area (Å²) >= 11 is 0. The van der Waals surface area contributed by atoms with E-state index in [0.717, 1.165) is 17.2 Å². The normalized spacial score (nSPS) is 10.4. The molecule has 144 valence electrons. The highest BCUT2D eigenvalue weighted by Gasteiger charge is 2.11. The Morgan fingerprint density at radius 2 is 1.69 bits per heavy atom. The number of hydrogen-bond acceptors (Lipinski definition) is 7. The molecule has 0 unspecified atom stereocenters. The van der Waals surface area contributed by atoms with Crippen LogP contribution in [-0.2, 0) is 0 Å². The van der Waals surface area contributed by atoms with Crippen LogP contribution in [0.15, 0.2) is 77.6 Å². The number of nitrogens with one attached hydrogen (secondary N) is 2. The summed E-state index contributed by atoms with van der Waals surface area (Å²) in [6.07, 6.45) is 2.87. The van der Waals surface area contributed by atoms with Crippen LogP contribution in [0.1, 0.15) is 16.2 Å².